The van der Waals surface area contributed by atoms with Crippen LogP contribution in [0.2, 0.25) is 0 Å². The molecule has 0 spiro atoms. The van der Waals surface area contributed by atoms with Gasteiger partial charge in [-0.25, -0.2) is 4.90 Å². The number of hydrogen-bond acceptors (Lipinski definition) is 7. The van der Waals surface area contributed by atoms with E-state index < -0.39 is 23.0 Å². The maximum atomic E-state index is 14.1. The predicted molar refractivity (Wildman–Crippen MR) is 169 cm³/mol. The number of aromatic nitrogens is 1. The van der Waals surface area contributed by atoms with Gasteiger partial charge in [0.25, 0.3) is 0 Å². The lowest BCUT2D eigenvalue weighted by molar-refractivity contribution is -0.122. The molecule has 3 atom stereocenters. The van der Waals surface area contributed by atoms with Gasteiger partial charge in [0.1, 0.15) is 17.5 Å². The lowest BCUT2D eigenvalue weighted by Crippen LogP contribution is -2.33. The van der Waals surface area contributed by atoms with Gasteiger partial charge in [-0.2, -0.15) is 0 Å². The standard InChI is InChI=1S/C33H31N3O5S2/c1-18-5-13-22(14-6-18)36-29(39)26-25(19-7-9-20(10-8-19)33(2,3)4)28-31(42-27(26)30(36)40)35(32(41)43-28)17-24(38)34-21-11-15-23(37)16-12-21/h5-16,25-27,37H,17H2,1-4H3,(H,34,38)/t25-,26-,27+/m0/s1. The molecule has 8 nitrogen and oxygen atoms in total. The highest BCUT2D eigenvalue weighted by atomic mass is 32.2. The number of aromatic hydroxyl groups is 1. The third-order valence-electron chi connectivity index (χ3n) is 7.93. The molecule has 2 aliphatic heterocycles. The molecule has 220 valence electrons. The van der Waals surface area contributed by atoms with Crippen molar-refractivity contribution in [1.82, 2.24) is 4.57 Å². The first-order valence-electron chi connectivity index (χ1n) is 14.0. The first kappa shape index (κ1) is 28.9. The van der Waals surface area contributed by atoms with E-state index in [0.717, 1.165) is 28.0 Å². The number of thioether (sulfide) groups is 1. The number of imide groups is 1. The zero-order valence-electron chi connectivity index (χ0n) is 24.2. The van der Waals surface area contributed by atoms with Crippen LogP contribution in [0.1, 0.15) is 48.3 Å². The number of hydrogen-bond donors (Lipinski definition) is 2. The van der Waals surface area contributed by atoms with Crippen molar-refractivity contribution in [3.05, 3.63) is 104 Å². The summed E-state index contributed by atoms with van der Waals surface area (Å²) >= 11 is 2.22. The van der Waals surface area contributed by atoms with E-state index in [4.69, 9.17) is 0 Å². The molecule has 0 unspecified atom stereocenters. The molecule has 3 aromatic carbocycles. The Labute approximate surface area is 257 Å². The van der Waals surface area contributed by atoms with Crippen LogP contribution >= 0.6 is 23.1 Å². The van der Waals surface area contributed by atoms with Crippen LogP contribution in [0.5, 0.6) is 5.75 Å². The summed E-state index contributed by atoms with van der Waals surface area (Å²) in [5.74, 6) is -2.20. The summed E-state index contributed by atoms with van der Waals surface area (Å²) in [6.45, 7) is 8.07. The highest BCUT2D eigenvalue weighted by molar-refractivity contribution is 8.00. The van der Waals surface area contributed by atoms with E-state index in [1.807, 2.05) is 43.3 Å². The lowest BCUT2D eigenvalue weighted by atomic mass is 9.81. The molecule has 0 aliphatic carbocycles. The number of fused-ring (bicyclic) bond motifs is 2. The smallest absolute Gasteiger partial charge is 0.308 e. The number of phenolic OH excluding ortho intramolecular Hbond substituents is 1. The molecule has 0 saturated carbocycles. The van der Waals surface area contributed by atoms with Gasteiger partial charge in [-0.15, -0.1) is 0 Å². The highest BCUT2D eigenvalue weighted by Gasteiger charge is 2.56. The molecular formula is C33H31N3O5S2. The topological polar surface area (TPSA) is 109 Å². The number of thiazole rings is 1. The van der Waals surface area contributed by atoms with Gasteiger partial charge in [0.15, 0.2) is 0 Å². The Bertz CT molecular complexity index is 1780. The molecule has 10 heteroatoms. The van der Waals surface area contributed by atoms with Crippen LogP contribution in [0.15, 0.2) is 82.6 Å². The van der Waals surface area contributed by atoms with E-state index >= 15 is 0 Å². The van der Waals surface area contributed by atoms with Gasteiger partial charge in [-0.1, -0.05) is 85.8 Å². The molecule has 6 rings (SSSR count). The Morgan fingerprint density at radius 1 is 0.907 bits per heavy atom. The first-order chi connectivity index (χ1) is 20.4. The van der Waals surface area contributed by atoms with E-state index in [-0.39, 0.29) is 34.4 Å². The number of benzene rings is 3. The number of carbonyl (C=O) groups is 3. The van der Waals surface area contributed by atoms with E-state index in [9.17, 15) is 24.3 Å². The minimum atomic E-state index is -0.756. The third-order valence-corrected chi connectivity index (χ3v) is 10.5. The molecule has 1 aromatic heterocycles. The normalized spacial score (nSPS) is 19.7. The lowest BCUT2D eigenvalue weighted by Gasteiger charge is -2.31. The number of anilines is 2. The number of phenols is 1. The number of amides is 3. The highest BCUT2D eigenvalue weighted by Crippen LogP contribution is 2.54. The Balaban J connectivity index is 1.41. The van der Waals surface area contributed by atoms with Crippen LogP contribution in [0.25, 0.3) is 0 Å². The SMILES string of the molecule is Cc1ccc(N2C(=O)[C@H]3[C@H](c4ccc(C(C)(C)C)cc4)c4sc(=O)n(CC(=O)Nc5ccc(O)cc5)c4S[C@H]3C2=O)cc1. The summed E-state index contributed by atoms with van der Waals surface area (Å²) in [5.41, 5.74) is 3.92. The van der Waals surface area contributed by atoms with Gasteiger partial charge < -0.3 is 10.4 Å². The van der Waals surface area contributed by atoms with Gasteiger partial charge in [-0.3, -0.25) is 23.7 Å². The molecule has 0 radical (unpaired) electrons. The van der Waals surface area contributed by atoms with Crippen LogP contribution in [-0.2, 0) is 26.3 Å². The van der Waals surface area contributed by atoms with Crippen molar-refractivity contribution in [3.8, 4) is 5.75 Å². The van der Waals surface area contributed by atoms with Crippen LogP contribution in [0, 0.1) is 12.8 Å². The van der Waals surface area contributed by atoms with Crippen molar-refractivity contribution in [3.63, 3.8) is 0 Å². The van der Waals surface area contributed by atoms with E-state index in [1.54, 1.807) is 24.3 Å². The van der Waals surface area contributed by atoms with Gasteiger partial charge >= 0.3 is 4.87 Å². The average Bonchev–Trinajstić information content (AvgIpc) is 3.40. The molecular weight excluding hydrogens is 583 g/mol. The predicted octanol–water partition coefficient (Wildman–Crippen LogP) is 5.66. The number of carbonyl (C=O) groups excluding carboxylic acids is 3. The van der Waals surface area contributed by atoms with Crippen LogP contribution in [-0.4, -0.2) is 32.6 Å². The molecule has 43 heavy (non-hydrogen) atoms. The van der Waals surface area contributed by atoms with Crippen molar-refractivity contribution >= 4 is 52.2 Å². The summed E-state index contributed by atoms with van der Waals surface area (Å²) in [7, 11) is 0. The maximum absolute atomic E-state index is 14.1. The fourth-order valence-electron chi connectivity index (χ4n) is 5.64. The number of nitrogens with zero attached hydrogens (tertiary/aromatic N) is 2. The fourth-order valence-corrected chi connectivity index (χ4v) is 8.42. The zero-order valence-corrected chi connectivity index (χ0v) is 25.8. The maximum Gasteiger partial charge on any atom is 0.308 e. The molecule has 3 heterocycles. The van der Waals surface area contributed by atoms with E-state index in [2.05, 4.69) is 26.1 Å². The molecule has 2 N–H and O–H groups in total. The fraction of sp³-hybridized carbons (Fsp3) is 0.273. The number of rotatable bonds is 5. The molecule has 0 bridgehead atoms. The monoisotopic (exact) mass is 613 g/mol. The Morgan fingerprint density at radius 2 is 1.56 bits per heavy atom. The van der Waals surface area contributed by atoms with Crippen molar-refractivity contribution in [2.24, 2.45) is 5.92 Å². The van der Waals surface area contributed by atoms with Crippen molar-refractivity contribution in [1.29, 1.82) is 0 Å². The summed E-state index contributed by atoms with van der Waals surface area (Å²) < 4.78 is 1.40. The number of aryl methyl sites for hydroxylation is 1. The van der Waals surface area contributed by atoms with Crippen molar-refractivity contribution < 1.29 is 19.5 Å². The molecule has 4 aromatic rings. The van der Waals surface area contributed by atoms with Crippen LogP contribution in [0.3, 0.4) is 0 Å². The molecule has 2 aliphatic rings. The van der Waals surface area contributed by atoms with E-state index in [0.29, 0.717) is 21.3 Å². The zero-order chi connectivity index (χ0) is 30.6. The summed E-state index contributed by atoms with van der Waals surface area (Å²) in [6, 6.07) is 21.4. The second-order valence-electron chi connectivity index (χ2n) is 12.0. The first-order valence-corrected chi connectivity index (χ1v) is 15.7. The summed E-state index contributed by atoms with van der Waals surface area (Å²) in [5, 5.41) is 12.1. The van der Waals surface area contributed by atoms with Crippen LogP contribution in [0.4, 0.5) is 11.4 Å². The van der Waals surface area contributed by atoms with E-state index in [1.165, 1.54) is 33.4 Å². The minimum Gasteiger partial charge on any atom is -0.508 e. The second-order valence-corrected chi connectivity index (χ2v) is 14.1. The van der Waals surface area contributed by atoms with Gasteiger partial charge in [0.05, 0.1) is 16.6 Å². The third kappa shape index (κ3) is 5.29. The average molecular weight is 614 g/mol. The summed E-state index contributed by atoms with van der Waals surface area (Å²) in [4.78, 5) is 56.0. The Kier molecular flexibility index (Phi) is 7.30. The van der Waals surface area contributed by atoms with Gasteiger partial charge in [-0.05, 0) is 59.9 Å². The minimum absolute atomic E-state index is 0.0733. The summed E-state index contributed by atoms with van der Waals surface area (Å²) in [6.07, 6.45) is 0. The Hall–Kier alpha value is -4.15. The molecule has 3 amide bonds. The Morgan fingerprint density at radius 3 is 2.19 bits per heavy atom. The number of nitrogens with one attached hydrogen (secondary N) is 1. The largest absolute Gasteiger partial charge is 0.508 e. The van der Waals surface area contributed by atoms with Crippen molar-refractivity contribution in [2.45, 2.75) is 55.8 Å². The molecule has 1 saturated heterocycles. The van der Waals surface area contributed by atoms with Crippen LogP contribution < -0.4 is 15.1 Å². The molecule has 1 fully saturated rings. The quantitative estimate of drug-likeness (QED) is 0.222. The van der Waals surface area contributed by atoms with Gasteiger partial charge in [0.2, 0.25) is 17.7 Å². The van der Waals surface area contributed by atoms with Gasteiger partial charge in [0, 0.05) is 16.5 Å². The van der Waals surface area contributed by atoms with Crippen molar-refractivity contribution in [2.75, 3.05) is 10.2 Å². The second kappa shape index (κ2) is 10.8.